The first-order valence-corrected chi connectivity index (χ1v) is 21.6. The molecule has 3 aliphatic rings. The SMILES string of the molecule is CCCCC1(CCCC)c2ccccc2Oc2ccc(B3OC(C)(C)C(C)(C)O3)cc21.CCCCC1(CCCC)c2ccccc2Oc2ccc(Br)cc21. The van der Waals surface area contributed by atoms with Gasteiger partial charge in [-0.1, -0.05) is 144 Å². The molecule has 0 spiro atoms. The summed E-state index contributed by atoms with van der Waals surface area (Å²) in [6.07, 6.45) is 14.3. The van der Waals surface area contributed by atoms with E-state index in [1.807, 2.05) is 0 Å². The van der Waals surface area contributed by atoms with Crippen LogP contribution < -0.4 is 14.9 Å². The molecule has 4 aromatic rings. The Balaban J connectivity index is 0.000000193. The number of hydrogen-bond donors (Lipinski definition) is 0. The highest BCUT2D eigenvalue weighted by molar-refractivity contribution is 9.10. The van der Waals surface area contributed by atoms with Crippen molar-refractivity contribution >= 4 is 28.5 Å². The summed E-state index contributed by atoms with van der Waals surface area (Å²) in [5.41, 5.74) is 5.78. The molecule has 1 fully saturated rings. The Labute approximate surface area is 335 Å². The Morgan fingerprint density at radius 3 is 1.31 bits per heavy atom. The van der Waals surface area contributed by atoms with Crippen molar-refractivity contribution in [2.24, 2.45) is 0 Å². The highest BCUT2D eigenvalue weighted by atomic mass is 79.9. The predicted octanol–water partition coefficient (Wildman–Crippen LogP) is 14.0. The summed E-state index contributed by atoms with van der Waals surface area (Å²) in [6.45, 7) is 17.5. The summed E-state index contributed by atoms with van der Waals surface area (Å²) in [7, 11) is -0.359. The molecule has 1 saturated heterocycles. The minimum absolute atomic E-state index is 0.0319. The molecule has 54 heavy (non-hydrogen) atoms. The molecule has 0 saturated carbocycles. The first-order chi connectivity index (χ1) is 25.9. The fraction of sp³-hybridized carbons (Fsp3) is 0.500. The fourth-order valence-electron chi connectivity index (χ4n) is 8.77. The van der Waals surface area contributed by atoms with E-state index in [9.17, 15) is 0 Å². The van der Waals surface area contributed by atoms with Crippen molar-refractivity contribution in [1.29, 1.82) is 0 Å². The van der Waals surface area contributed by atoms with Gasteiger partial charge < -0.3 is 18.8 Å². The number of rotatable bonds is 13. The van der Waals surface area contributed by atoms with Gasteiger partial charge in [0.1, 0.15) is 23.0 Å². The van der Waals surface area contributed by atoms with Gasteiger partial charge in [0.05, 0.1) is 11.2 Å². The van der Waals surface area contributed by atoms with E-state index in [4.69, 9.17) is 18.8 Å². The van der Waals surface area contributed by atoms with Gasteiger partial charge in [-0.15, -0.1) is 0 Å². The average Bonchev–Trinajstić information content (AvgIpc) is 3.40. The fourth-order valence-corrected chi connectivity index (χ4v) is 9.13. The van der Waals surface area contributed by atoms with Gasteiger partial charge in [0, 0.05) is 37.6 Å². The lowest BCUT2D eigenvalue weighted by Gasteiger charge is -2.41. The molecule has 0 atom stereocenters. The third kappa shape index (κ3) is 7.82. The average molecular weight is 794 g/mol. The zero-order valence-corrected chi connectivity index (χ0v) is 35.7. The summed E-state index contributed by atoms with van der Waals surface area (Å²) in [6, 6.07) is 30.2. The molecule has 3 aliphatic heterocycles. The van der Waals surface area contributed by atoms with Crippen LogP contribution in [0.1, 0.15) is 155 Å². The van der Waals surface area contributed by atoms with E-state index in [-0.39, 0.29) is 29.2 Å². The summed E-state index contributed by atoms with van der Waals surface area (Å²) >= 11 is 3.66. The third-order valence-corrected chi connectivity index (χ3v) is 13.1. The minimum Gasteiger partial charge on any atom is -0.457 e. The number of hydrogen-bond acceptors (Lipinski definition) is 4. The number of ether oxygens (including phenoxy) is 2. The zero-order chi connectivity index (χ0) is 38.6. The lowest BCUT2D eigenvalue weighted by molar-refractivity contribution is 0.00578. The lowest BCUT2D eigenvalue weighted by Crippen LogP contribution is -2.41. The van der Waals surface area contributed by atoms with E-state index in [0.29, 0.717) is 0 Å². The summed E-state index contributed by atoms with van der Waals surface area (Å²) in [5, 5.41) is 0. The molecule has 0 N–H and O–H groups in total. The van der Waals surface area contributed by atoms with Crippen molar-refractivity contribution in [1.82, 2.24) is 0 Å². The summed E-state index contributed by atoms with van der Waals surface area (Å²) < 4.78 is 26.5. The largest absolute Gasteiger partial charge is 0.494 e. The smallest absolute Gasteiger partial charge is 0.457 e. The molecule has 6 heteroatoms. The number of unbranched alkanes of at least 4 members (excludes halogenated alkanes) is 4. The van der Waals surface area contributed by atoms with E-state index >= 15 is 0 Å². The van der Waals surface area contributed by atoms with Crippen LogP contribution in [0.25, 0.3) is 0 Å². The van der Waals surface area contributed by atoms with Crippen LogP contribution >= 0.6 is 15.9 Å². The maximum Gasteiger partial charge on any atom is 0.494 e. The molecule has 0 amide bonds. The highest BCUT2D eigenvalue weighted by Gasteiger charge is 2.52. The van der Waals surface area contributed by atoms with Crippen LogP contribution in [0.4, 0.5) is 0 Å². The van der Waals surface area contributed by atoms with Crippen molar-refractivity contribution in [2.75, 3.05) is 0 Å². The van der Waals surface area contributed by atoms with E-state index in [2.05, 4.69) is 156 Å². The molecule has 0 unspecified atom stereocenters. The van der Waals surface area contributed by atoms with Crippen LogP contribution in [-0.2, 0) is 20.1 Å². The number of benzene rings is 4. The van der Waals surface area contributed by atoms with Gasteiger partial charge in [-0.25, -0.2) is 0 Å². The molecular weight excluding hydrogens is 731 g/mol. The van der Waals surface area contributed by atoms with Gasteiger partial charge in [0.2, 0.25) is 0 Å². The van der Waals surface area contributed by atoms with Gasteiger partial charge in [-0.2, -0.15) is 0 Å². The van der Waals surface area contributed by atoms with Crippen LogP contribution in [0.5, 0.6) is 23.0 Å². The lowest BCUT2D eigenvalue weighted by atomic mass is 9.64. The summed E-state index contributed by atoms with van der Waals surface area (Å²) in [5.74, 6) is 4.05. The standard InChI is InChI=1S/C27H37BO3.C21H25BrO/c1-7-9-17-27(18-10-8-2)21-13-11-12-14-23(21)29-24-16-15-20(19-22(24)27)28-30-25(3,4)26(5,6)31-28;1-3-5-13-21(14-6-4-2)17-9-7-8-10-19(17)23-20-12-11-16(22)15-18(20)21/h11-16,19H,7-10,17-18H2,1-6H3;7-12,15H,3-6,13-14H2,1-2H3. The van der Waals surface area contributed by atoms with Crippen molar-refractivity contribution < 1.29 is 18.8 Å². The maximum atomic E-state index is 6.41. The zero-order valence-electron chi connectivity index (χ0n) is 34.2. The molecular formula is C48H62BBrO4. The van der Waals surface area contributed by atoms with E-state index in [1.165, 1.54) is 86.5 Å². The van der Waals surface area contributed by atoms with Crippen LogP contribution in [0.2, 0.25) is 0 Å². The molecule has 0 bridgehead atoms. The highest BCUT2D eigenvalue weighted by Crippen LogP contribution is 2.55. The van der Waals surface area contributed by atoms with E-state index in [0.717, 1.165) is 45.8 Å². The quantitative estimate of drug-likeness (QED) is 0.126. The molecule has 0 aromatic heterocycles. The molecule has 0 radical (unpaired) electrons. The van der Waals surface area contributed by atoms with Gasteiger partial charge in [0.15, 0.2) is 0 Å². The Morgan fingerprint density at radius 2 is 0.870 bits per heavy atom. The van der Waals surface area contributed by atoms with Crippen molar-refractivity contribution in [3.8, 4) is 23.0 Å². The first kappa shape index (κ1) is 40.6. The second-order valence-electron chi connectivity index (χ2n) is 16.8. The number of para-hydroxylation sites is 2. The molecule has 288 valence electrons. The van der Waals surface area contributed by atoms with E-state index < -0.39 is 0 Å². The Hall–Kier alpha value is -3.06. The van der Waals surface area contributed by atoms with Crippen molar-refractivity contribution in [3.05, 3.63) is 112 Å². The van der Waals surface area contributed by atoms with E-state index in [1.54, 1.807) is 0 Å². The summed E-state index contributed by atoms with van der Waals surface area (Å²) in [4.78, 5) is 0. The van der Waals surface area contributed by atoms with Gasteiger partial charge >= 0.3 is 7.12 Å². The topological polar surface area (TPSA) is 36.9 Å². The first-order valence-electron chi connectivity index (χ1n) is 20.8. The Bertz CT molecular complexity index is 1850. The maximum absolute atomic E-state index is 6.41. The molecule has 4 aromatic carbocycles. The monoisotopic (exact) mass is 792 g/mol. The predicted molar refractivity (Wildman–Crippen MR) is 229 cm³/mol. The molecule has 4 nitrogen and oxygen atoms in total. The third-order valence-electron chi connectivity index (χ3n) is 12.6. The van der Waals surface area contributed by atoms with Crippen LogP contribution in [0, 0.1) is 0 Å². The Morgan fingerprint density at radius 1 is 0.481 bits per heavy atom. The van der Waals surface area contributed by atoms with Gasteiger partial charge in [0.25, 0.3) is 0 Å². The number of fused-ring (bicyclic) bond motifs is 4. The van der Waals surface area contributed by atoms with Crippen LogP contribution in [0.3, 0.4) is 0 Å². The normalized spacial score (nSPS) is 17.8. The second-order valence-corrected chi connectivity index (χ2v) is 17.7. The second kappa shape index (κ2) is 17.0. The molecule has 0 aliphatic carbocycles. The van der Waals surface area contributed by atoms with Gasteiger partial charge in [-0.05, 0) is 95.2 Å². The van der Waals surface area contributed by atoms with Crippen molar-refractivity contribution in [2.45, 2.75) is 154 Å². The Kier molecular flexibility index (Phi) is 12.8. The van der Waals surface area contributed by atoms with Gasteiger partial charge in [-0.3, -0.25) is 0 Å². The van der Waals surface area contributed by atoms with Crippen molar-refractivity contribution in [3.63, 3.8) is 0 Å². The molecule has 7 rings (SSSR count). The molecule has 3 heterocycles. The number of halogens is 1. The minimum atomic E-state index is -0.359. The van der Waals surface area contributed by atoms with Crippen LogP contribution in [0.15, 0.2) is 89.4 Å². The van der Waals surface area contributed by atoms with Crippen LogP contribution in [-0.4, -0.2) is 18.3 Å².